The van der Waals surface area contributed by atoms with Crippen molar-refractivity contribution in [3.05, 3.63) is 377 Å². The van der Waals surface area contributed by atoms with Crippen LogP contribution in [-0.4, -0.2) is 84.3 Å². The van der Waals surface area contributed by atoms with Gasteiger partial charge in [-0.05, 0) is 137 Å². The highest BCUT2D eigenvalue weighted by Crippen LogP contribution is 2.40. The van der Waals surface area contributed by atoms with E-state index in [1.165, 1.54) is 63.7 Å². The van der Waals surface area contributed by atoms with Gasteiger partial charge >= 0.3 is 0 Å². The van der Waals surface area contributed by atoms with Crippen molar-refractivity contribution in [2.75, 3.05) is 0 Å². The number of benzene rings is 12. The van der Waals surface area contributed by atoms with Crippen LogP contribution in [0, 0.1) is 0 Å². The molecule has 0 bridgehead atoms. The lowest BCUT2D eigenvalue weighted by Crippen LogP contribution is -2.74. The standard InChI is InChI=1S/C49H29N7Si.C49H33N7Si/c1-6-20-39-31(13-1)37-18-11-27-50-46(37)55(39)48-52-45(53-49(54-48)56-40-21-7-2-14-32(40)38-19-12-28-51-47(38)56)30-25-26-36-35-17-5-10-24-43(35)57(44(36)29-30)41-22-8-3-15-33(41)34-16-4-9-23-42(34)57;1-4-18-35(19-5-1)57(36-20-6-2-7-21-36,37-22-8-3-9-23-37)38-24-14-17-34(33-38)45-52-48(55-43-29-12-10-25-39(43)41-27-15-31-50-46(41)55)54-49(53-45)56-44-30-13-11-26-40(44)42-28-16-32-51-47(42)56/h1-29H;1-33H. The highest BCUT2D eigenvalue weighted by Gasteiger charge is 2.54. The first-order valence-corrected chi connectivity index (χ1v) is 42.2. The van der Waals surface area contributed by atoms with Gasteiger partial charge in [-0.3, -0.25) is 18.3 Å². The summed E-state index contributed by atoms with van der Waals surface area (Å²) in [6, 6.07) is 125. The van der Waals surface area contributed by atoms with Crippen molar-refractivity contribution in [3.63, 3.8) is 0 Å². The minimum absolute atomic E-state index is 0.477. The van der Waals surface area contributed by atoms with Crippen LogP contribution in [0.4, 0.5) is 0 Å². The van der Waals surface area contributed by atoms with Crippen molar-refractivity contribution < 1.29 is 0 Å². The Labute approximate surface area is 654 Å². The second-order valence-electron chi connectivity index (χ2n) is 29.0. The van der Waals surface area contributed by atoms with E-state index in [2.05, 4.69) is 334 Å². The van der Waals surface area contributed by atoms with E-state index in [-0.39, 0.29) is 0 Å². The Bertz CT molecular complexity index is 7030. The largest absolute Gasteiger partial charge is 0.262 e. The van der Waals surface area contributed by atoms with Gasteiger partial charge in [0.25, 0.3) is 0 Å². The normalized spacial score (nSPS) is 12.6. The summed E-state index contributed by atoms with van der Waals surface area (Å²) in [5.41, 5.74) is 14.1. The van der Waals surface area contributed by atoms with Gasteiger partial charge in [0, 0.05) is 79.0 Å². The highest BCUT2D eigenvalue weighted by atomic mass is 28.3. The van der Waals surface area contributed by atoms with Crippen molar-refractivity contribution in [1.82, 2.24) is 68.1 Å². The molecule has 0 amide bonds. The number of fused-ring (bicyclic) bond motifs is 22. The minimum atomic E-state index is -2.84. The molecule has 14 nitrogen and oxygen atoms in total. The molecule has 24 rings (SSSR count). The zero-order valence-electron chi connectivity index (χ0n) is 61.1. The molecule has 0 saturated heterocycles. The summed E-state index contributed by atoms with van der Waals surface area (Å²) in [5.74, 6) is 3.08. The maximum absolute atomic E-state index is 5.38. The quantitative estimate of drug-likeness (QED) is 0.0957. The van der Waals surface area contributed by atoms with Gasteiger partial charge in [-0.2, -0.15) is 29.9 Å². The van der Waals surface area contributed by atoms with Crippen LogP contribution in [-0.2, 0) is 0 Å². The highest BCUT2D eigenvalue weighted by molar-refractivity contribution is 7.24. The SMILES string of the molecule is c1ccc([Si](c2ccccc2)(c2ccccc2)c2cccc(-c3nc(-n4c5ccccc5c5cccnc54)nc(-n4c5ccccc5c5cccnc54)n3)c2)cc1.c1ccc2c(c1)-c1ccccc1[Si]21c2ccccc2-c2ccc(-c3nc(-n4c5ccccc5c5cccnc54)nc(-n4c5ccccc5c5cccnc54)n3)cc21. The fourth-order valence-electron chi connectivity index (χ4n) is 18.5. The van der Waals surface area contributed by atoms with Crippen molar-refractivity contribution in [2.24, 2.45) is 0 Å². The molecule has 10 aromatic heterocycles. The van der Waals surface area contributed by atoms with Crippen LogP contribution >= 0.6 is 0 Å². The average molecular weight is 1490 g/mol. The molecule has 0 radical (unpaired) electrons. The van der Waals surface area contributed by atoms with Gasteiger partial charge in [0.05, 0.1) is 22.1 Å². The lowest BCUT2D eigenvalue weighted by molar-refractivity contribution is 0.883. The molecule has 0 N–H and O–H groups in total. The Morgan fingerprint density at radius 1 is 0.211 bits per heavy atom. The molecule has 1 spiro atoms. The third-order valence-electron chi connectivity index (χ3n) is 23.2. The molecule has 0 unspecified atom stereocenters. The van der Waals surface area contributed by atoms with Crippen LogP contribution in [0.1, 0.15) is 0 Å². The van der Waals surface area contributed by atoms with E-state index in [0.29, 0.717) is 35.4 Å². The van der Waals surface area contributed by atoms with Crippen molar-refractivity contribution in [2.45, 2.75) is 0 Å². The molecule has 12 heterocycles. The van der Waals surface area contributed by atoms with Crippen LogP contribution in [0.15, 0.2) is 377 Å². The summed E-state index contributed by atoms with van der Waals surface area (Å²) in [6.07, 6.45) is 7.30. The van der Waals surface area contributed by atoms with E-state index < -0.39 is 16.1 Å². The van der Waals surface area contributed by atoms with Gasteiger partial charge in [-0.1, -0.05) is 279 Å². The van der Waals surface area contributed by atoms with E-state index in [9.17, 15) is 0 Å². The lowest BCUT2D eigenvalue weighted by atomic mass is 10.0. The Morgan fingerprint density at radius 3 is 0.860 bits per heavy atom. The topological polar surface area (TPSA) is 149 Å². The van der Waals surface area contributed by atoms with Gasteiger partial charge in [0.15, 0.2) is 27.8 Å². The molecule has 16 heteroatoms. The van der Waals surface area contributed by atoms with Crippen LogP contribution in [0.3, 0.4) is 0 Å². The lowest BCUT2D eigenvalue weighted by Gasteiger charge is -2.34. The number of pyridine rings is 4. The second kappa shape index (κ2) is 25.8. The fraction of sp³-hybridized carbons (Fsp3) is 0. The Kier molecular flexibility index (Phi) is 14.7. The van der Waals surface area contributed by atoms with Crippen molar-refractivity contribution in [1.29, 1.82) is 0 Å². The summed E-state index contributed by atoms with van der Waals surface area (Å²) in [5, 5.41) is 19.2. The molecule has 2 aliphatic rings. The Morgan fingerprint density at radius 2 is 0.500 bits per heavy atom. The Balaban J connectivity index is 0.000000135. The van der Waals surface area contributed by atoms with Crippen LogP contribution in [0.5, 0.6) is 0 Å². The molecule has 0 atom stereocenters. The fourth-order valence-corrected chi connectivity index (χ4v) is 29.0. The van der Waals surface area contributed by atoms with E-state index in [1.54, 1.807) is 0 Å². The molecule has 12 aromatic carbocycles. The molecule has 0 fully saturated rings. The van der Waals surface area contributed by atoms with Gasteiger partial charge in [0.2, 0.25) is 23.8 Å². The van der Waals surface area contributed by atoms with E-state index in [4.69, 9.17) is 49.8 Å². The summed E-state index contributed by atoms with van der Waals surface area (Å²) >= 11 is 0. The van der Waals surface area contributed by atoms with Crippen LogP contribution in [0.25, 0.3) is 157 Å². The smallest absolute Gasteiger partial charge is 0.241 e. The molecule has 2 aliphatic heterocycles. The molecular weight excluding hydrogens is 1430 g/mol. The number of hydrogen-bond donors (Lipinski definition) is 0. The third-order valence-corrected chi connectivity index (χ3v) is 32.9. The van der Waals surface area contributed by atoms with E-state index in [1.807, 2.05) is 61.2 Å². The minimum Gasteiger partial charge on any atom is -0.262 e. The zero-order chi connectivity index (χ0) is 75.0. The number of aromatic nitrogens is 14. The molecule has 114 heavy (non-hydrogen) atoms. The molecule has 532 valence electrons. The van der Waals surface area contributed by atoms with Crippen molar-refractivity contribution in [3.8, 4) is 68.8 Å². The predicted molar refractivity (Wildman–Crippen MR) is 464 cm³/mol. The van der Waals surface area contributed by atoms with Crippen LogP contribution < -0.4 is 41.5 Å². The molecular formula is C98H62N14Si2. The first kappa shape index (κ1) is 64.8. The summed E-state index contributed by atoms with van der Waals surface area (Å²) in [4.78, 5) is 51.6. The monoisotopic (exact) mass is 1490 g/mol. The van der Waals surface area contributed by atoms with Gasteiger partial charge in [-0.25, -0.2) is 19.9 Å². The van der Waals surface area contributed by atoms with Crippen molar-refractivity contribution >= 4 is 145 Å². The summed E-state index contributed by atoms with van der Waals surface area (Å²) in [6.45, 7) is 0. The first-order valence-electron chi connectivity index (χ1n) is 38.2. The predicted octanol–water partition coefficient (Wildman–Crippen LogP) is 15.8. The van der Waals surface area contributed by atoms with Crippen LogP contribution in [0.2, 0.25) is 0 Å². The van der Waals surface area contributed by atoms with Gasteiger partial charge in [0.1, 0.15) is 22.6 Å². The average Bonchev–Trinajstić information content (AvgIpc) is 1.48. The third kappa shape index (κ3) is 9.58. The zero-order valence-corrected chi connectivity index (χ0v) is 63.1. The van der Waals surface area contributed by atoms with E-state index >= 15 is 0 Å². The van der Waals surface area contributed by atoms with Gasteiger partial charge in [-0.15, -0.1) is 0 Å². The first-order chi connectivity index (χ1) is 56.6. The number of hydrogen-bond acceptors (Lipinski definition) is 10. The summed E-state index contributed by atoms with van der Waals surface area (Å²) < 4.78 is 8.26. The maximum atomic E-state index is 5.38. The maximum Gasteiger partial charge on any atom is 0.241 e. The van der Waals surface area contributed by atoms with Gasteiger partial charge < -0.3 is 0 Å². The molecule has 0 saturated carbocycles. The number of para-hydroxylation sites is 4. The molecule has 22 aromatic rings. The number of rotatable bonds is 10. The van der Waals surface area contributed by atoms with E-state index in [0.717, 1.165) is 98.9 Å². The molecule has 0 aliphatic carbocycles. The second-order valence-corrected chi connectivity index (χ2v) is 36.5. The summed E-state index contributed by atoms with van der Waals surface area (Å²) in [7, 11) is -5.54. The Hall–Kier alpha value is -15.1. The number of nitrogens with zero attached hydrogens (tertiary/aromatic N) is 14.